The molecule has 23 heavy (non-hydrogen) atoms. The molecule has 122 valence electrons. The van der Waals surface area contributed by atoms with Crippen molar-refractivity contribution in [2.24, 2.45) is 5.92 Å². The highest BCUT2D eigenvalue weighted by Gasteiger charge is 2.30. The number of aliphatic hydroxyl groups is 1. The van der Waals surface area contributed by atoms with Gasteiger partial charge in [-0.05, 0) is 37.3 Å². The van der Waals surface area contributed by atoms with E-state index in [0.29, 0.717) is 25.7 Å². The van der Waals surface area contributed by atoms with Crippen LogP contribution < -0.4 is 5.32 Å². The number of hydrogen-bond acceptors (Lipinski definition) is 5. The van der Waals surface area contributed by atoms with E-state index in [1.165, 1.54) is 16.2 Å². The Morgan fingerprint density at radius 1 is 1.35 bits per heavy atom. The van der Waals surface area contributed by atoms with Crippen LogP contribution in [0.5, 0.6) is 0 Å². The number of thioether (sulfide) groups is 1. The molecule has 2 unspecified atom stereocenters. The van der Waals surface area contributed by atoms with E-state index < -0.39 is 0 Å². The van der Waals surface area contributed by atoms with Crippen LogP contribution in [0.3, 0.4) is 0 Å². The van der Waals surface area contributed by atoms with Crippen LogP contribution in [0.15, 0.2) is 30.0 Å². The molecule has 0 spiro atoms. The molecule has 0 bridgehead atoms. The van der Waals surface area contributed by atoms with E-state index >= 15 is 0 Å². The first-order valence-electron chi connectivity index (χ1n) is 8.01. The largest absolute Gasteiger partial charge is 0.393 e. The summed E-state index contributed by atoms with van der Waals surface area (Å²) in [6.07, 6.45) is 1.90. The third-order valence-electron chi connectivity index (χ3n) is 4.56. The third kappa shape index (κ3) is 3.67. The topological polar surface area (TPSA) is 73.2 Å². The van der Waals surface area contributed by atoms with Gasteiger partial charge >= 0.3 is 0 Å². The van der Waals surface area contributed by atoms with Crippen LogP contribution in [-0.4, -0.2) is 28.6 Å². The number of Topliss-reactive ketones (excluding diaryl/α,β-unsaturated/α-hetero) is 1. The van der Waals surface area contributed by atoms with Gasteiger partial charge in [-0.1, -0.05) is 24.3 Å². The van der Waals surface area contributed by atoms with Crippen molar-refractivity contribution in [2.45, 2.75) is 38.7 Å². The Morgan fingerprint density at radius 2 is 2.09 bits per heavy atom. The fraction of sp³-hybridized carbons (Fsp3) is 0.444. The lowest BCUT2D eigenvalue weighted by Crippen LogP contribution is -2.23. The van der Waals surface area contributed by atoms with Gasteiger partial charge in [-0.2, -0.15) is 0 Å². The molecular weight excluding hydrogens is 308 g/mol. The second kappa shape index (κ2) is 6.89. The maximum Gasteiger partial charge on any atom is 0.179 e. The van der Waals surface area contributed by atoms with E-state index in [9.17, 15) is 9.90 Å². The minimum absolute atomic E-state index is 0.0975. The predicted octanol–water partition coefficient (Wildman–Crippen LogP) is 2.96. The molecule has 3 rings (SSSR count). The number of rotatable bonds is 5. The van der Waals surface area contributed by atoms with Crippen LogP contribution >= 0.6 is 11.8 Å². The zero-order valence-corrected chi connectivity index (χ0v) is 14.1. The number of hydrogen-bond donors (Lipinski definition) is 3. The van der Waals surface area contributed by atoms with Crippen molar-refractivity contribution in [1.29, 1.82) is 5.41 Å². The standard InChI is InChI=1S/C18H22N2O2S/c1-11-18(23-10-20-11)13-4-2-12(3-5-13)8-16(19)17(22)14-6-7-15(21)9-14/h2-5,14-15,19-21H,6-10H2,1H3. The molecule has 3 N–H and O–H groups in total. The van der Waals surface area contributed by atoms with Crippen molar-refractivity contribution in [3.05, 3.63) is 41.1 Å². The minimum atomic E-state index is -0.370. The van der Waals surface area contributed by atoms with Gasteiger partial charge in [-0.15, -0.1) is 11.8 Å². The van der Waals surface area contributed by atoms with Crippen molar-refractivity contribution in [3.8, 4) is 0 Å². The van der Waals surface area contributed by atoms with Crippen molar-refractivity contribution in [2.75, 3.05) is 5.88 Å². The Balaban J connectivity index is 1.63. The maximum absolute atomic E-state index is 12.3. The normalized spacial score (nSPS) is 23.9. The summed E-state index contributed by atoms with van der Waals surface area (Å²) >= 11 is 1.79. The van der Waals surface area contributed by atoms with Gasteiger partial charge in [0, 0.05) is 22.9 Å². The molecule has 1 heterocycles. The van der Waals surface area contributed by atoms with E-state index in [4.69, 9.17) is 5.41 Å². The molecule has 1 aromatic carbocycles. The Kier molecular flexibility index (Phi) is 4.87. The van der Waals surface area contributed by atoms with E-state index in [-0.39, 0.29) is 23.5 Å². The SMILES string of the molecule is CC1=C(c2ccc(CC(=N)C(=O)C3CCC(O)C3)cc2)SCN1. The van der Waals surface area contributed by atoms with Crippen molar-refractivity contribution < 1.29 is 9.90 Å². The molecule has 1 saturated carbocycles. The van der Waals surface area contributed by atoms with E-state index in [1.54, 1.807) is 11.8 Å². The molecule has 0 aromatic heterocycles. The average molecular weight is 330 g/mol. The molecule has 1 aliphatic carbocycles. The van der Waals surface area contributed by atoms with Crippen molar-refractivity contribution in [1.82, 2.24) is 5.32 Å². The first-order chi connectivity index (χ1) is 11.0. The van der Waals surface area contributed by atoms with Gasteiger partial charge in [-0.25, -0.2) is 0 Å². The molecule has 1 aromatic rings. The number of ketones is 1. The summed E-state index contributed by atoms with van der Waals surface area (Å²) in [5.41, 5.74) is 3.52. The first kappa shape index (κ1) is 16.3. The first-order valence-corrected chi connectivity index (χ1v) is 8.99. The third-order valence-corrected chi connectivity index (χ3v) is 5.68. The Labute approximate surface area is 140 Å². The molecule has 2 aliphatic rings. The van der Waals surface area contributed by atoms with Gasteiger partial charge in [0.1, 0.15) is 0 Å². The molecular formula is C18H22N2O2S. The van der Waals surface area contributed by atoms with Crippen LogP contribution in [0.4, 0.5) is 0 Å². The van der Waals surface area contributed by atoms with Gasteiger partial charge in [0.05, 0.1) is 17.7 Å². The second-order valence-electron chi connectivity index (χ2n) is 6.30. The van der Waals surface area contributed by atoms with Crippen LogP contribution in [0.25, 0.3) is 4.91 Å². The Morgan fingerprint density at radius 3 is 2.65 bits per heavy atom. The van der Waals surface area contributed by atoms with E-state index in [1.807, 2.05) is 12.1 Å². The van der Waals surface area contributed by atoms with Gasteiger partial charge in [0.15, 0.2) is 5.78 Å². The zero-order chi connectivity index (χ0) is 16.4. The summed E-state index contributed by atoms with van der Waals surface area (Å²) in [5, 5.41) is 20.9. The van der Waals surface area contributed by atoms with Crippen molar-refractivity contribution >= 4 is 28.2 Å². The van der Waals surface area contributed by atoms with Crippen molar-refractivity contribution in [3.63, 3.8) is 0 Å². The average Bonchev–Trinajstić information content (AvgIpc) is 3.16. The number of nitrogens with one attached hydrogen (secondary N) is 2. The lowest BCUT2D eigenvalue weighted by molar-refractivity contribution is -0.116. The van der Waals surface area contributed by atoms with Gasteiger partial charge < -0.3 is 15.8 Å². The summed E-state index contributed by atoms with van der Waals surface area (Å²) in [7, 11) is 0. The Hall–Kier alpha value is -1.59. The number of benzene rings is 1. The quantitative estimate of drug-likeness (QED) is 0.726. The molecule has 0 saturated heterocycles. The highest BCUT2D eigenvalue weighted by atomic mass is 32.2. The number of carbonyl (C=O) groups excluding carboxylic acids is 1. The molecule has 4 nitrogen and oxygen atoms in total. The minimum Gasteiger partial charge on any atom is -0.393 e. The fourth-order valence-electron chi connectivity index (χ4n) is 3.21. The molecule has 0 amide bonds. The summed E-state index contributed by atoms with van der Waals surface area (Å²) in [4.78, 5) is 13.5. The van der Waals surface area contributed by atoms with Gasteiger partial charge in [-0.3, -0.25) is 4.79 Å². The summed E-state index contributed by atoms with van der Waals surface area (Å²) < 4.78 is 0. The lowest BCUT2D eigenvalue weighted by atomic mass is 9.94. The van der Waals surface area contributed by atoms with Crippen LogP contribution in [0, 0.1) is 11.3 Å². The molecule has 1 aliphatic heterocycles. The number of allylic oxidation sites excluding steroid dienone is 1. The smallest absolute Gasteiger partial charge is 0.179 e. The van der Waals surface area contributed by atoms with E-state index in [0.717, 1.165) is 11.4 Å². The lowest BCUT2D eigenvalue weighted by Gasteiger charge is -2.10. The molecule has 2 atom stereocenters. The predicted molar refractivity (Wildman–Crippen MR) is 94.4 cm³/mol. The maximum atomic E-state index is 12.3. The second-order valence-corrected chi connectivity index (χ2v) is 7.29. The highest BCUT2D eigenvalue weighted by molar-refractivity contribution is 8.08. The molecule has 0 radical (unpaired) electrons. The molecule has 5 heteroatoms. The summed E-state index contributed by atoms with van der Waals surface area (Å²) in [6.45, 7) is 2.08. The van der Waals surface area contributed by atoms with Gasteiger partial charge in [0.2, 0.25) is 0 Å². The van der Waals surface area contributed by atoms with Crippen LogP contribution in [0.1, 0.15) is 37.3 Å². The van der Waals surface area contributed by atoms with E-state index in [2.05, 4.69) is 24.4 Å². The highest BCUT2D eigenvalue weighted by Crippen LogP contribution is 2.33. The monoisotopic (exact) mass is 330 g/mol. The van der Waals surface area contributed by atoms with Crippen LogP contribution in [-0.2, 0) is 11.2 Å². The Bertz CT molecular complexity index is 651. The summed E-state index contributed by atoms with van der Waals surface area (Å²) in [5.74, 6) is 0.653. The number of carbonyl (C=O) groups is 1. The fourth-order valence-corrected chi connectivity index (χ4v) is 4.24. The zero-order valence-electron chi connectivity index (χ0n) is 13.3. The van der Waals surface area contributed by atoms with Gasteiger partial charge in [0.25, 0.3) is 0 Å². The number of aliphatic hydroxyl groups excluding tert-OH is 1. The van der Waals surface area contributed by atoms with Crippen LogP contribution in [0.2, 0.25) is 0 Å². The molecule has 1 fully saturated rings. The summed E-state index contributed by atoms with van der Waals surface area (Å²) in [6, 6.07) is 8.12.